The highest BCUT2D eigenvalue weighted by Crippen LogP contribution is 2.30. The molecular weight excluding hydrogens is 300 g/mol. The summed E-state index contributed by atoms with van der Waals surface area (Å²) in [6.45, 7) is 5.88. The van der Waals surface area contributed by atoms with Crippen LogP contribution in [0.25, 0.3) is 11.2 Å². The lowest BCUT2D eigenvalue weighted by Gasteiger charge is -2.16. The van der Waals surface area contributed by atoms with Gasteiger partial charge >= 0.3 is 0 Å². The summed E-state index contributed by atoms with van der Waals surface area (Å²) in [5, 5.41) is 0. The van der Waals surface area contributed by atoms with Crippen LogP contribution in [0.2, 0.25) is 0 Å². The summed E-state index contributed by atoms with van der Waals surface area (Å²) in [6, 6.07) is 3.84. The second kappa shape index (κ2) is 5.96. The SMILES string of the molecule is CCCS(=O)(=O)N1CCC(c2nc3cccnc3n2CC)C1. The molecule has 0 N–H and O–H groups in total. The number of hydrogen-bond donors (Lipinski definition) is 0. The van der Waals surface area contributed by atoms with Gasteiger partial charge in [0.2, 0.25) is 10.0 Å². The number of nitrogens with zero attached hydrogens (tertiary/aromatic N) is 4. The number of rotatable bonds is 5. The van der Waals surface area contributed by atoms with Crippen LogP contribution in [-0.4, -0.2) is 46.1 Å². The molecular formula is C15H22N4O2S. The molecule has 6 nitrogen and oxygen atoms in total. The summed E-state index contributed by atoms with van der Waals surface area (Å²) in [4.78, 5) is 9.12. The van der Waals surface area contributed by atoms with E-state index in [1.807, 2.05) is 19.1 Å². The summed E-state index contributed by atoms with van der Waals surface area (Å²) in [5.41, 5.74) is 1.77. The lowest BCUT2D eigenvalue weighted by atomic mass is 10.1. The van der Waals surface area contributed by atoms with Crippen molar-refractivity contribution in [3.05, 3.63) is 24.2 Å². The molecule has 1 aliphatic heterocycles. The van der Waals surface area contributed by atoms with Crippen LogP contribution in [0.3, 0.4) is 0 Å². The maximum absolute atomic E-state index is 12.2. The molecule has 1 atom stereocenters. The lowest BCUT2D eigenvalue weighted by molar-refractivity contribution is 0.468. The van der Waals surface area contributed by atoms with Gasteiger partial charge in [0.1, 0.15) is 11.3 Å². The predicted octanol–water partition coefficient (Wildman–Crippen LogP) is 1.98. The first-order valence-electron chi connectivity index (χ1n) is 7.85. The average Bonchev–Trinajstić information content (AvgIpc) is 3.11. The van der Waals surface area contributed by atoms with E-state index in [0.717, 1.165) is 30.0 Å². The lowest BCUT2D eigenvalue weighted by Crippen LogP contribution is -2.30. The highest BCUT2D eigenvalue weighted by molar-refractivity contribution is 7.89. The number of aromatic nitrogens is 3. The first kappa shape index (κ1) is 15.4. The van der Waals surface area contributed by atoms with E-state index in [0.29, 0.717) is 19.5 Å². The molecule has 1 fully saturated rings. The van der Waals surface area contributed by atoms with Crippen LogP contribution in [-0.2, 0) is 16.6 Å². The summed E-state index contributed by atoms with van der Waals surface area (Å²) < 4.78 is 28.2. The summed E-state index contributed by atoms with van der Waals surface area (Å²) in [7, 11) is -3.12. The Kier molecular flexibility index (Phi) is 4.18. The van der Waals surface area contributed by atoms with Gasteiger partial charge in [0.25, 0.3) is 0 Å². The molecule has 0 radical (unpaired) electrons. The molecule has 0 aliphatic carbocycles. The molecule has 0 spiro atoms. The van der Waals surface area contributed by atoms with Crippen molar-refractivity contribution >= 4 is 21.2 Å². The second-order valence-corrected chi connectivity index (χ2v) is 7.81. The number of pyridine rings is 1. The predicted molar refractivity (Wildman–Crippen MR) is 86.2 cm³/mol. The van der Waals surface area contributed by atoms with Crippen molar-refractivity contribution in [2.24, 2.45) is 0 Å². The Hall–Kier alpha value is -1.47. The first-order valence-corrected chi connectivity index (χ1v) is 9.46. The minimum Gasteiger partial charge on any atom is -0.313 e. The molecule has 0 bridgehead atoms. The van der Waals surface area contributed by atoms with E-state index >= 15 is 0 Å². The van der Waals surface area contributed by atoms with Gasteiger partial charge in [0.15, 0.2) is 5.65 Å². The Labute approximate surface area is 131 Å². The van der Waals surface area contributed by atoms with E-state index in [1.54, 1.807) is 10.5 Å². The average molecular weight is 322 g/mol. The number of hydrogen-bond acceptors (Lipinski definition) is 4. The number of sulfonamides is 1. The van der Waals surface area contributed by atoms with Gasteiger partial charge in [0, 0.05) is 31.7 Å². The Morgan fingerprint density at radius 1 is 1.36 bits per heavy atom. The fourth-order valence-corrected chi connectivity index (χ4v) is 4.74. The molecule has 120 valence electrons. The summed E-state index contributed by atoms with van der Waals surface area (Å²) in [6.07, 6.45) is 3.25. The van der Waals surface area contributed by atoms with Gasteiger partial charge in [-0.15, -0.1) is 0 Å². The van der Waals surface area contributed by atoms with E-state index in [-0.39, 0.29) is 11.7 Å². The molecule has 1 saturated heterocycles. The van der Waals surface area contributed by atoms with Gasteiger partial charge in [0.05, 0.1) is 5.75 Å². The van der Waals surface area contributed by atoms with Crippen LogP contribution in [0.5, 0.6) is 0 Å². The van der Waals surface area contributed by atoms with Crippen LogP contribution < -0.4 is 0 Å². The molecule has 3 heterocycles. The first-order chi connectivity index (χ1) is 10.6. The summed E-state index contributed by atoms with van der Waals surface area (Å²) in [5.74, 6) is 1.34. The molecule has 22 heavy (non-hydrogen) atoms. The maximum atomic E-state index is 12.2. The second-order valence-electron chi connectivity index (χ2n) is 5.72. The third kappa shape index (κ3) is 2.63. The van der Waals surface area contributed by atoms with Gasteiger partial charge in [-0.3, -0.25) is 0 Å². The highest BCUT2D eigenvalue weighted by atomic mass is 32.2. The zero-order valence-corrected chi connectivity index (χ0v) is 13.9. The number of imidazole rings is 1. The van der Waals surface area contributed by atoms with Crippen molar-refractivity contribution in [2.75, 3.05) is 18.8 Å². The summed E-state index contributed by atoms with van der Waals surface area (Å²) >= 11 is 0. The van der Waals surface area contributed by atoms with Crippen molar-refractivity contribution in [3.63, 3.8) is 0 Å². The Bertz CT molecular complexity index is 769. The van der Waals surface area contributed by atoms with E-state index in [9.17, 15) is 8.42 Å². The molecule has 0 aromatic carbocycles. The smallest absolute Gasteiger partial charge is 0.214 e. The van der Waals surface area contributed by atoms with Gasteiger partial charge < -0.3 is 4.57 Å². The normalized spacial score (nSPS) is 20.0. The topological polar surface area (TPSA) is 68.1 Å². The van der Waals surface area contributed by atoms with Crippen molar-refractivity contribution in [2.45, 2.75) is 39.2 Å². The molecule has 2 aromatic rings. The molecule has 0 saturated carbocycles. The van der Waals surface area contributed by atoms with E-state index < -0.39 is 10.0 Å². The molecule has 1 aliphatic rings. The third-order valence-corrected chi connectivity index (χ3v) is 6.26. The van der Waals surface area contributed by atoms with Gasteiger partial charge in [-0.05, 0) is 31.9 Å². The van der Waals surface area contributed by atoms with E-state index in [2.05, 4.69) is 16.5 Å². The molecule has 1 unspecified atom stereocenters. The number of aryl methyl sites for hydroxylation is 1. The monoisotopic (exact) mass is 322 g/mol. The molecule has 7 heteroatoms. The van der Waals surface area contributed by atoms with Crippen LogP contribution >= 0.6 is 0 Å². The Balaban J connectivity index is 1.90. The van der Waals surface area contributed by atoms with Gasteiger partial charge in [-0.2, -0.15) is 0 Å². The fraction of sp³-hybridized carbons (Fsp3) is 0.600. The van der Waals surface area contributed by atoms with Crippen molar-refractivity contribution in [1.82, 2.24) is 18.8 Å². The van der Waals surface area contributed by atoms with Crippen molar-refractivity contribution in [3.8, 4) is 0 Å². The van der Waals surface area contributed by atoms with Crippen molar-refractivity contribution < 1.29 is 8.42 Å². The molecule has 0 amide bonds. The van der Waals surface area contributed by atoms with Crippen LogP contribution in [0.4, 0.5) is 0 Å². The fourth-order valence-electron chi connectivity index (χ4n) is 3.18. The van der Waals surface area contributed by atoms with Crippen LogP contribution in [0.15, 0.2) is 18.3 Å². The minimum absolute atomic E-state index is 0.154. The Morgan fingerprint density at radius 3 is 2.91 bits per heavy atom. The van der Waals surface area contributed by atoms with Gasteiger partial charge in [-0.25, -0.2) is 22.7 Å². The zero-order chi connectivity index (χ0) is 15.7. The molecule has 2 aromatic heterocycles. The number of fused-ring (bicyclic) bond motifs is 1. The quantitative estimate of drug-likeness (QED) is 0.844. The Morgan fingerprint density at radius 2 is 2.18 bits per heavy atom. The standard InChI is InChI=1S/C15H22N4O2S/c1-3-10-22(20,21)18-9-7-12(11-18)14-17-13-6-5-8-16-15(13)19(14)4-2/h5-6,8,12H,3-4,7,9-11H2,1-2H3. The van der Waals surface area contributed by atoms with Crippen LogP contribution in [0, 0.1) is 0 Å². The highest BCUT2D eigenvalue weighted by Gasteiger charge is 2.34. The largest absolute Gasteiger partial charge is 0.313 e. The molecule has 3 rings (SSSR count). The third-order valence-electron chi connectivity index (χ3n) is 4.22. The zero-order valence-electron chi connectivity index (χ0n) is 13.1. The van der Waals surface area contributed by atoms with E-state index in [4.69, 9.17) is 4.98 Å². The van der Waals surface area contributed by atoms with Gasteiger partial charge in [-0.1, -0.05) is 6.92 Å². The minimum atomic E-state index is -3.12. The van der Waals surface area contributed by atoms with Crippen molar-refractivity contribution in [1.29, 1.82) is 0 Å². The van der Waals surface area contributed by atoms with Crippen LogP contribution in [0.1, 0.15) is 38.4 Å². The van der Waals surface area contributed by atoms with E-state index in [1.165, 1.54) is 0 Å². The maximum Gasteiger partial charge on any atom is 0.214 e.